The third kappa shape index (κ3) is 1.70. The summed E-state index contributed by atoms with van der Waals surface area (Å²) in [6.07, 6.45) is 2.34. The third-order valence-electron chi connectivity index (χ3n) is 3.27. The van der Waals surface area contributed by atoms with Gasteiger partial charge in [0, 0.05) is 11.3 Å². The van der Waals surface area contributed by atoms with Crippen LogP contribution >= 0.6 is 0 Å². The number of hydrogen-bond acceptors (Lipinski definition) is 3. The molecule has 88 valence electrons. The molecule has 0 radical (unpaired) electrons. The molecule has 4 heteroatoms. The Morgan fingerprint density at radius 2 is 2.35 bits per heavy atom. The van der Waals surface area contributed by atoms with Crippen molar-refractivity contribution in [1.82, 2.24) is 15.3 Å². The van der Waals surface area contributed by atoms with Gasteiger partial charge in [-0.15, -0.1) is 0 Å². The minimum Gasteiger partial charge on any atom is -0.399 e. The number of fused-ring (bicyclic) bond motifs is 1. The predicted octanol–water partition coefficient (Wildman–Crippen LogP) is 1.92. The van der Waals surface area contributed by atoms with Gasteiger partial charge in [0.2, 0.25) is 0 Å². The van der Waals surface area contributed by atoms with Crippen LogP contribution in [0.2, 0.25) is 0 Å². The maximum Gasteiger partial charge on any atom is 0.124 e. The largest absolute Gasteiger partial charge is 0.399 e. The number of aromatic amines is 1. The average molecular weight is 228 g/mol. The summed E-state index contributed by atoms with van der Waals surface area (Å²) >= 11 is 0. The van der Waals surface area contributed by atoms with Crippen molar-refractivity contribution in [2.24, 2.45) is 5.73 Å². The molecule has 1 aromatic carbocycles. The summed E-state index contributed by atoms with van der Waals surface area (Å²) in [4.78, 5) is 8.02. The topological polar surface area (TPSA) is 66.7 Å². The molecule has 0 aliphatic carbocycles. The van der Waals surface area contributed by atoms with E-state index in [1.165, 1.54) is 6.42 Å². The molecule has 1 fully saturated rings. The number of nitrogens with two attached hydrogens (primary N) is 1. The van der Waals surface area contributed by atoms with E-state index in [1.807, 2.05) is 18.2 Å². The van der Waals surface area contributed by atoms with Gasteiger partial charge in [-0.2, -0.15) is 0 Å². The molecule has 1 aromatic heterocycles. The number of nitrogens with one attached hydrogen (secondary N) is 2. The zero-order chi connectivity index (χ0) is 11.8. The Kier molecular flexibility index (Phi) is 2.37. The lowest BCUT2D eigenvalue weighted by Crippen LogP contribution is -2.14. The lowest BCUT2D eigenvalue weighted by molar-refractivity contribution is 0.614. The minimum absolute atomic E-state index is 0.348. The van der Waals surface area contributed by atoms with Crippen molar-refractivity contribution in [2.75, 3.05) is 6.54 Å². The van der Waals surface area contributed by atoms with Crippen LogP contribution in [0, 0.1) is 0 Å². The highest BCUT2D eigenvalue weighted by molar-refractivity contribution is 5.87. The molecule has 0 spiro atoms. The number of para-hydroxylation sites is 1. The molecule has 1 saturated heterocycles. The first-order valence-corrected chi connectivity index (χ1v) is 5.92. The summed E-state index contributed by atoms with van der Waals surface area (Å²) < 4.78 is 0. The van der Waals surface area contributed by atoms with Crippen LogP contribution in [0.4, 0.5) is 0 Å². The molecule has 1 aliphatic heterocycles. The number of nitrogens with zero attached hydrogens (tertiary/aromatic N) is 1. The molecule has 2 heterocycles. The van der Waals surface area contributed by atoms with Crippen molar-refractivity contribution in [3.05, 3.63) is 36.2 Å². The molecule has 1 aliphatic rings. The maximum atomic E-state index is 5.78. The second-order valence-corrected chi connectivity index (χ2v) is 4.50. The van der Waals surface area contributed by atoms with Crippen LogP contribution in [-0.4, -0.2) is 16.5 Å². The highest BCUT2D eigenvalue weighted by atomic mass is 15.0. The molecule has 0 saturated carbocycles. The SMILES string of the molecule is C=C(N)c1cccc2[nH]c(C3CCCN3)nc12. The third-order valence-corrected chi connectivity index (χ3v) is 3.27. The molecule has 0 amide bonds. The van der Waals surface area contributed by atoms with E-state index in [0.29, 0.717) is 11.7 Å². The van der Waals surface area contributed by atoms with Gasteiger partial charge in [-0.05, 0) is 25.5 Å². The van der Waals surface area contributed by atoms with Crippen LogP contribution in [0.15, 0.2) is 24.8 Å². The number of hydrogen-bond donors (Lipinski definition) is 3. The molecular formula is C13H16N4. The molecular weight excluding hydrogens is 212 g/mol. The Labute approximate surface area is 99.9 Å². The van der Waals surface area contributed by atoms with Crippen LogP contribution in [0.25, 0.3) is 16.7 Å². The summed E-state index contributed by atoms with van der Waals surface area (Å²) in [7, 11) is 0. The fraction of sp³-hybridized carbons (Fsp3) is 0.308. The van der Waals surface area contributed by atoms with Gasteiger partial charge in [0.05, 0.1) is 17.1 Å². The Morgan fingerprint density at radius 1 is 1.47 bits per heavy atom. The van der Waals surface area contributed by atoms with E-state index in [0.717, 1.165) is 35.4 Å². The lowest BCUT2D eigenvalue weighted by Gasteiger charge is -2.04. The van der Waals surface area contributed by atoms with Crippen LogP contribution < -0.4 is 11.1 Å². The van der Waals surface area contributed by atoms with Gasteiger partial charge in [-0.1, -0.05) is 18.7 Å². The van der Waals surface area contributed by atoms with Crippen molar-refractivity contribution >= 4 is 16.7 Å². The fourth-order valence-corrected chi connectivity index (χ4v) is 2.39. The Hall–Kier alpha value is -1.81. The van der Waals surface area contributed by atoms with Crippen LogP contribution in [0.5, 0.6) is 0 Å². The number of H-pyrrole nitrogens is 1. The van der Waals surface area contributed by atoms with E-state index >= 15 is 0 Å². The van der Waals surface area contributed by atoms with Crippen LogP contribution in [0.1, 0.15) is 30.3 Å². The van der Waals surface area contributed by atoms with Crippen molar-refractivity contribution < 1.29 is 0 Å². The molecule has 4 N–H and O–H groups in total. The standard InChI is InChI=1S/C13H16N4/c1-8(14)9-4-2-5-10-12(9)17-13(16-10)11-6-3-7-15-11/h2,4-5,11,15H,1,3,6-7,14H2,(H,16,17). The predicted molar refractivity (Wildman–Crippen MR) is 69.3 cm³/mol. The van der Waals surface area contributed by atoms with E-state index in [-0.39, 0.29) is 0 Å². The Balaban J connectivity index is 2.11. The monoisotopic (exact) mass is 228 g/mol. The molecule has 17 heavy (non-hydrogen) atoms. The van der Waals surface area contributed by atoms with Crippen LogP contribution in [0.3, 0.4) is 0 Å². The normalized spacial score (nSPS) is 19.9. The van der Waals surface area contributed by atoms with Crippen molar-refractivity contribution in [3.8, 4) is 0 Å². The van der Waals surface area contributed by atoms with Gasteiger partial charge < -0.3 is 16.0 Å². The molecule has 1 atom stereocenters. The highest BCUT2D eigenvalue weighted by Gasteiger charge is 2.20. The highest BCUT2D eigenvalue weighted by Crippen LogP contribution is 2.25. The zero-order valence-corrected chi connectivity index (χ0v) is 9.66. The Bertz CT molecular complexity index is 564. The maximum absolute atomic E-state index is 5.78. The molecule has 3 rings (SSSR count). The average Bonchev–Trinajstić information content (AvgIpc) is 2.96. The van der Waals surface area contributed by atoms with Gasteiger partial charge in [0.15, 0.2) is 0 Å². The van der Waals surface area contributed by atoms with Gasteiger partial charge in [-0.3, -0.25) is 0 Å². The first-order valence-electron chi connectivity index (χ1n) is 5.92. The number of rotatable bonds is 2. The van der Waals surface area contributed by atoms with Gasteiger partial charge >= 0.3 is 0 Å². The molecule has 1 unspecified atom stereocenters. The smallest absolute Gasteiger partial charge is 0.124 e. The lowest BCUT2D eigenvalue weighted by atomic mass is 10.1. The summed E-state index contributed by atoms with van der Waals surface area (Å²) in [5.41, 5.74) is 9.21. The van der Waals surface area contributed by atoms with Gasteiger partial charge in [-0.25, -0.2) is 4.98 Å². The zero-order valence-electron chi connectivity index (χ0n) is 9.66. The van der Waals surface area contributed by atoms with E-state index in [2.05, 4.69) is 21.9 Å². The summed E-state index contributed by atoms with van der Waals surface area (Å²) in [6.45, 7) is 4.86. The van der Waals surface area contributed by atoms with Gasteiger partial charge in [0.25, 0.3) is 0 Å². The molecule has 2 aromatic rings. The van der Waals surface area contributed by atoms with Crippen LogP contribution in [-0.2, 0) is 0 Å². The second-order valence-electron chi connectivity index (χ2n) is 4.50. The van der Waals surface area contributed by atoms with Crippen molar-refractivity contribution in [2.45, 2.75) is 18.9 Å². The summed E-state index contributed by atoms with van der Waals surface area (Å²) in [5, 5.41) is 3.44. The van der Waals surface area contributed by atoms with E-state index in [1.54, 1.807) is 0 Å². The van der Waals surface area contributed by atoms with Gasteiger partial charge in [0.1, 0.15) is 5.82 Å². The van der Waals surface area contributed by atoms with Crippen molar-refractivity contribution in [3.63, 3.8) is 0 Å². The van der Waals surface area contributed by atoms with E-state index < -0.39 is 0 Å². The number of imidazole rings is 1. The fourth-order valence-electron chi connectivity index (χ4n) is 2.39. The van der Waals surface area contributed by atoms with E-state index in [9.17, 15) is 0 Å². The summed E-state index contributed by atoms with van der Waals surface area (Å²) in [5.74, 6) is 1.01. The Morgan fingerprint density at radius 3 is 3.06 bits per heavy atom. The first-order chi connectivity index (χ1) is 8.25. The quantitative estimate of drug-likeness (QED) is 0.735. The van der Waals surface area contributed by atoms with E-state index in [4.69, 9.17) is 5.73 Å². The first kappa shape index (κ1) is 10.4. The minimum atomic E-state index is 0.348. The number of benzene rings is 1. The number of aromatic nitrogens is 2. The second kappa shape index (κ2) is 3.89. The van der Waals surface area contributed by atoms with Crippen molar-refractivity contribution in [1.29, 1.82) is 0 Å². The summed E-state index contributed by atoms with van der Waals surface area (Å²) in [6, 6.07) is 6.30. The molecule has 4 nitrogen and oxygen atoms in total. The molecule has 0 bridgehead atoms.